The van der Waals surface area contributed by atoms with E-state index in [2.05, 4.69) is 16.1 Å². The highest BCUT2D eigenvalue weighted by atomic mass is 32.1. The fraction of sp³-hybridized carbons (Fsp3) is 0.167. The van der Waals surface area contributed by atoms with Gasteiger partial charge in [0, 0.05) is 25.0 Å². The minimum atomic E-state index is -0.164. The van der Waals surface area contributed by atoms with Crippen LogP contribution in [0.15, 0.2) is 36.1 Å². The SMILES string of the molecule is Cn1cc(C(N)c2cnc3ccsc3c2)cn1. The van der Waals surface area contributed by atoms with Crippen molar-refractivity contribution in [1.29, 1.82) is 0 Å². The molecule has 17 heavy (non-hydrogen) atoms. The van der Waals surface area contributed by atoms with Crippen LogP contribution in [0.2, 0.25) is 0 Å². The first-order valence-corrected chi connectivity index (χ1v) is 6.19. The fourth-order valence-corrected chi connectivity index (χ4v) is 2.61. The number of nitrogens with zero attached hydrogens (tertiary/aromatic N) is 3. The van der Waals surface area contributed by atoms with Crippen molar-refractivity contribution < 1.29 is 0 Å². The average molecular weight is 244 g/mol. The Hall–Kier alpha value is -1.72. The van der Waals surface area contributed by atoms with Gasteiger partial charge in [0.05, 0.1) is 22.5 Å². The van der Waals surface area contributed by atoms with E-state index in [0.29, 0.717) is 0 Å². The number of hydrogen-bond donors (Lipinski definition) is 1. The maximum absolute atomic E-state index is 6.20. The summed E-state index contributed by atoms with van der Waals surface area (Å²) in [5, 5.41) is 6.17. The third-order valence-electron chi connectivity index (χ3n) is 2.77. The molecule has 5 heteroatoms. The lowest BCUT2D eigenvalue weighted by molar-refractivity contribution is 0.765. The van der Waals surface area contributed by atoms with E-state index in [4.69, 9.17) is 5.73 Å². The second-order valence-corrected chi connectivity index (χ2v) is 4.95. The number of pyridine rings is 1. The molecule has 3 heterocycles. The largest absolute Gasteiger partial charge is 0.320 e. The molecule has 0 amide bonds. The standard InChI is InChI=1S/C12H12N4S/c1-16-7-9(6-15-16)12(13)8-4-11-10(14-5-8)2-3-17-11/h2-7,12H,13H2,1H3. The maximum Gasteiger partial charge on any atom is 0.0809 e. The van der Waals surface area contributed by atoms with E-state index in [-0.39, 0.29) is 6.04 Å². The number of aryl methyl sites for hydroxylation is 1. The van der Waals surface area contributed by atoms with Gasteiger partial charge in [0.1, 0.15) is 0 Å². The second kappa shape index (κ2) is 3.94. The summed E-state index contributed by atoms with van der Waals surface area (Å²) in [6.45, 7) is 0. The van der Waals surface area contributed by atoms with Crippen molar-refractivity contribution >= 4 is 21.6 Å². The first kappa shape index (κ1) is 10.4. The van der Waals surface area contributed by atoms with Crippen molar-refractivity contribution in [3.05, 3.63) is 47.2 Å². The quantitative estimate of drug-likeness (QED) is 0.751. The summed E-state index contributed by atoms with van der Waals surface area (Å²) in [6, 6.07) is 3.95. The van der Waals surface area contributed by atoms with Crippen LogP contribution >= 0.6 is 11.3 Å². The molecule has 0 spiro atoms. The summed E-state index contributed by atoms with van der Waals surface area (Å²) >= 11 is 1.68. The van der Waals surface area contributed by atoms with Crippen molar-refractivity contribution in [2.45, 2.75) is 6.04 Å². The van der Waals surface area contributed by atoms with Gasteiger partial charge in [0.25, 0.3) is 0 Å². The van der Waals surface area contributed by atoms with Crippen molar-refractivity contribution in [3.63, 3.8) is 0 Å². The predicted molar refractivity (Wildman–Crippen MR) is 68.9 cm³/mol. The zero-order valence-electron chi connectivity index (χ0n) is 9.37. The Labute approximate surface area is 103 Å². The minimum Gasteiger partial charge on any atom is -0.320 e. The van der Waals surface area contributed by atoms with Crippen molar-refractivity contribution in [1.82, 2.24) is 14.8 Å². The van der Waals surface area contributed by atoms with Gasteiger partial charge in [-0.3, -0.25) is 9.67 Å². The Balaban J connectivity index is 2.02. The monoisotopic (exact) mass is 244 g/mol. The smallest absolute Gasteiger partial charge is 0.0809 e. The zero-order chi connectivity index (χ0) is 11.8. The van der Waals surface area contributed by atoms with Gasteiger partial charge >= 0.3 is 0 Å². The van der Waals surface area contributed by atoms with Crippen LogP contribution in [-0.4, -0.2) is 14.8 Å². The molecule has 0 saturated carbocycles. The summed E-state index contributed by atoms with van der Waals surface area (Å²) in [4.78, 5) is 4.40. The van der Waals surface area contributed by atoms with Crippen LogP contribution < -0.4 is 5.73 Å². The Morgan fingerprint density at radius 2 is 2.24 bits per heavy atom. The maximum atomic E-state index is 6.20. The van der Waals surface area contributed by atoms with Crippen LogP contribution in [0.4, 0.5) is 0 Å². The normalized spacial score (nSPS) is 13.1. The van der Waals surface area contributed by atoms with Crippen LogP contribution in [0.5, 0.6) is 0 Å². The Morgan fingerprint density at radius 3 is 3.00 bits per heavy atom. The molecule has 0 bridgehead atoms. The lowest BCUT2D eigenvalue weighted by Crippen LogP contribution is -2.11. The number of hydrogen-bond acceptors (Lipinski definition) is 4. The van der Waals surface area contributed by atoms with Crippen molar-refractivity contribution in [3.8, 4) is 0 Å². The molecule has 0 aromatic carbocycles. The van der Waals surface area contributed by atoms with Gasteiger partial charge in [0.15, 0.2) is 0 Å². The summed E-state index contributed by atoms with van der Waals surface area (Å²) in [5.74, 6) is 0. The third kappa shape index (κ3) is 1.83. The topological polar surface area (TPSA) is 56.7 Å². The first-order chi connectivity index (χ1) is 8.24. The van der Waals surface area contributed by atoms with Gasteiger partial charge in [-0.25, -0.2) is 0 Å². The van der Waals surface area contributed by atoms with Gasteiger partial charge in [0.2, 0.25) is 0 Å². The molecule has 0 saturated heterocycles. The number of fused-ring (bicyclic) bond motifs is 1. The van der Waals surface area contributed by atoms with Gasteiger partial charge in [-0.15, -0.1) is 11.3 Å². The van der Waals surface area contributed by atoms with Crippen LogP contribution in [0.1, 0.15) is 17.2 Å². The van der Waals surface area contributed by atoms with Gasteiger partial charge in [-0.1, -0.05) is 0 Å². The molecule has 3 aromatic rings. The summed E-state index contributed by atoms with van der Waals surface area (Å²) in [6.07, 6.45) is 5.57. The van der Waals surface area contributed by atoms with E-state index in [9.17, 15) is 0 Å². The molecule has 4 nitrogen and oxygen atoms in total. The van der Waals surface area contributed by atoms with E-state index in [1.807, 2.05) is 30.9 Å². The number of nitrogens with two attached hydrogens (primary N) is 1. The third-order valence-corrected chi connectivity index (χ3v) is 3.62. The molecule has 1 atom stereocenters. The Bertz CT molecular complexity index is 655. The van der Waals surface area contributed by atoms with Gasteiger partial charge < -0.3 is 5.73 Å². The van der Waals surface area contributed by atoms with E-state index in [1.54, 1.807) is 22.2 Å². The van der Waals surface area contributed by atoms with Crippen molar-refractivity contribution in [2.24, 2.45) is 12.8 Å². The molecule has 0 fully saturated rings. The van der Waals surface area contributed by atoms with Crippen LogP contribution in [0, 0.1) is 0 Å². The van der Waals surface area contributed by atoms with E-state index in [0.717, 1.165) is 16.6 Å². The van der Waals surface area contributed by atoms with Gasteiger partial charge in [-0.2, -0.15) is 5.10 Å². The molecular weight excluding hydrogens is 232 g/mol. The number of aromatic nitrogens is 3. The Morgan fingerprint density at radius 1 is 1.35 bits per heavy atom. The molecule has 3 rings (SSSR count). The average Bonchev–Trinajstić information content (AvgIpc) is 2.95. The van der Waals surface area contributed by atoms with Crippen LogP contribution in [-0.2, 0) is 7.05 Å². The van der Waals surface area contributed by atoms with Crippen LogP contribution in [0.3, 0.4) is 0 Å². The highest BCUT2D eigenvalue weighted by Crippen LogP contribution is 2.24. The summed E-state index contributed by atoms with van der Waals surface area (Å²) in [5.41, 5.74) is 9.25. The molecule has 0 aliphatic rings. The van der Waals surface area contributed by atoms with E-state index in [1.165, 1.54) is 4.70 Å². The number of rotatable bonds is 2. The van der Waals surface area contributed by atoms with E-state index < -0.39 is 0 Å². The van der Waals surface area contributed by atoms with Crippen LogP contribution in [0.25, 0.3) is 10.2 Å². The minimum absolute atomic E-state index is 0.164. The van der Waals surface area contributed by atoms with Crippen molar-refractivity contribution in [2.75, 3.05) is 0 Å². The van der Waals surface area contributed by atoms with E-state index >= 15 is 0 Å². The first-order valence-electron chi connectivity index (χ1n) is 5.31. The molecule has 0 aliphatic heterocycles. The highest BCUT2D eigenvalue weighted by molar-refractivity contribution is 7.17. The van der Waals surface area contributed by atoms with Gasteiger partial charge in [-0.05, 0) is 23.1 Å². The predicted octanol–water partition coefficient (Wildman–Crippen LogP) is 2.08. The highest BCUT2D eigenvalue weighted by Gasteiger charge is 2.12. The molecular formula is C12H12N4S. The molecule has 1 unspecified atom stereocenters. The lowest BCUT2D eigenvalue weighted by atomic mass is 10.0. The Kier molecular flexibility index (Phi) is 2.42. The summed E-state index contributed by atoms with van der Waals surface area (Å²) < 4.78 is 2.92. The molecule has 86 valence electrons. The molecule has 2 N–H and O–H groups in total. The molecule has 0 aliphatic carbocycles. The summed E-state index contributed by atoms with van der Waals surface area (Å²) in [7, 11) is 1.89. The molecule has 3 aromatic heterocycles. The zero-order valence-corrected chi connectivity index (χ0v) is 10.2. The number of thiophene rings is 1. The second-order valence-electron chi connectivity index (χ2n) is 4.00. The fourth-order valence-electron chi connectivity index (χ4n) is 1.82. The molecule has 0 radical (unpaired) electrons. The lowest BCUT2D eigenvalue weighted by Gasteiger charge is -2.09.